The second kappa shape index (κ2) is 8.17. The summed E-state index contributed by atoms with van der Waals surface area (Å²) in [6.45, 7) is 4.82. The summed E-state index contributed by atoms with van der Waals surface area (Å²) < 4.78 is 0. The van der Waals surface area contributed by atoms with Crippen LogP contribution in [0.5, 0.6) is 0 Å². The first-order valence-electron chi connectivity index (χ1n) is 10.6. The van der Waals surface area contributed by atoms with Crippen molar-refractivity contribution in [2.24, 2.45) is 41.4 Å². The molecule has 3 fully saturated rings. The SMILES string of the molecule is CC(C)C1CCC(C2CCC(C3CCC(C=O)CC3)CC2)CC1. The van der Waals surface area contributed by atoms with Gasteiger partial charge in [-0.1, -0.05) is 13.8 Å². The van der Waals surface area contributed by atoms with Crippen LogP contribution in [0, 0.1) is 41.4 Å². The number of rotatable bonds is 4. The van der Waals surface area contributed by atoms with Crippen LogP contribution in [0.1, 0.15) is 90.9 Å². The highest BCUT2D eigenvalue weighted by molar-refractivity contribution is 5.53. The van der Waals surface area contributed by atoms with Crippen molar-refractivity contribution in [2.75, 3.05) is 0 Å². The standard InChI is InChI=1S/C22H38O/c1-16(2)18-7-9-20(10-8-18)22-13-11-21(12-14-22)19-5-3-17(15-23)4-6-19/h15-22H,3-14H2,1-2H3. The molecule has 0 aromatic carbocycles. The maximum absolute atomic E-state index is 10.9. The Balaban J connectivity index is 1.40. The van der Waals surface area contributed by atoms with Crippen molar-refractivity contribution in [1.29, 1.82) is 0 Å². The van der Waals surface area contributed by atoms with E-state index in [1.165, 1.54) is 83.3 Å². The van der Waals surface area contributed by atoms with Crippen LogP contribution >= 0.6 is 0 Å². The van der Waals surface area contributed by atoms with Crippen molar-refractivity contribution in [3.05, 3.63) is 0 Å². The average Bonchev–Trinajstić information content (AvgIpc) is 2.62. The van der Waals surface area contributed by atoms with Gasteiger partial charge in [0, 0.05) is 5.92 Å². The van der Waals surface area contributed by atoms with E-state index in [-0.39, 0.29) is 0 Å². The number of aldehydes is 1. The van der Waals surface area contributed by atoms with Crippen LogP contribution in [0.25, 0.3) is 0 Å². The van der Waals surface area contributed by atoms with E-state index in [2.05, 4.69) is 13.8 Å². The van der Waals surface area contributed by atoms with Gasteiger partial charge in [0.1, 0.15) is 6.29 Å². The van der Waals surface area contributed by atoms with Gasteiger partial charge in [0.15, 0.2) is 0 Å². The van der Waals surface area contributed by atoms with Crippen LogP contribution in [-0.2, 0) is 4.79 Å². The van der Waals surface area contributed by atoms with Crippen molar-refractivity contribution in [1.82, 2.24) is 0 Å². The lowest BCUT2D eigenvalue weighted by molar-refractivity contribution is -0.112. The molecule has 0 atom stereocenters. The predicted molar refractivity (Wildman–Crippen MR) is 97.2 cm³/mol. The third-order valence-corrected chi connectivity index (χ3v) is 7.92. The molecule has 132 valence electrons. The normalized spacial score (nSPS) is 42.6. The Labute approximate surface area is 144 Å². The van der Waals surface area contributed by atoms with E-state index in [1.807, 2.05) is 0 Å². The average molecular weight is 319 g/mol. The highest BCUT2D eigenvalue weighted by Gasteiger charge is 2.34. The Morgan fingerprint density at radius 2 is 0.957 bits per heavy atom. The first-order valence-corrected chi connectivity index (χ1v) is 10.6. The molecule has 0 bridgehead atoms. The van der Waals surface area contributed by atoms with Gasteiger partial charge in [-0.3, -0.25) is 0 Å². The maximum Gasteiger partial charge on any atom is 0.123 e. The smallest absolute Gasteiger partial charge is 0.123 e. The number of hydrogen-bond donors (Lipinski definition) is 0. The topological polar surface area (TPSA) is 17.1 Å². The highest BCUT2D eigenvalue weighted by atomic mass is 16.1. The zero-order chi connectivity index (χ0) is 16.2. The molecule has 0 N–H and O–H groups in total. The van der Waals surface area contributed by atoms with Crippen LogP contribution in [0.2, 0.25) is 0 Å². The molecular formula is C22H38O. The number of carbonyl (C=O) groups is 1. The molecule has 0 aromatic rings. The van der Waals surface area contributed by atoms with Crippen LogP contribution in [-0.4, -0.2) is 6.29 Å². The molecule has 3 saturated carbocycles. The quantitative estimate of drug-likeness (QED) is 0.559. The van der Waals surface area contributed by atoms with Crippen molar-refractivity contribution in [3.63, 3.8) is 0 Å². The second-order valence-electron chi connectivity index (χ2n) is 9.40. The fourth-order valence-corrected chi connectivity index (χ4v) is 6.12. The van der Waals surface area contributed by atoms with E-state index in [4.69, 9.17) is 0 Å². The molecule has 0 saturated heterocycles. The lowest BCUT2D eigenvalue weighted by Crippen LogP contribution is -2.30. The summed E-state index contributed by atoms with van der Waals surface area (Å²) >= 11 is 0. The number of hydrogen-bond acceptors (Lipinski definition) is 1. The Morgan fingerprint density at radius 1 is 0.609 bits per heavy atom. The summed E-state index contributed by atoms with van der Waals surface area (Å²) in [5, 5.41) is 0. The summed E-state index contributed by atoms with van der Waals surface area (Å²) in [5.41, 5.74) is 0. The Bertz CT molecular complexity index is 350. The molecule has 3 rings (SSSR count). The molecule has 3 aliphatic carbocycles. The predicted octanol–water partition coefficient (Wildman–Crippen LogP) is 6.26. The van der Waals surface area contributed by atoms with E-state index in [1.54, 1.807) is 0 Å². The van der Waals surface area contributed by atoms with Gasteiger partial charge in [-0.05, 0) is 113 Å². The fraction of sp³-hybridized carbons (Fsp3) is 0.955. The minimum absolute atomic E-state index is 0.388. The molecule has 0 radical (unpaired) electrons. The second-order valence-corrected chi connectivity index (χ2v) is 9.40. The molecular weight excluding hydrogens is 280 g/mol. The molecule has 0 spiro atoms. The van der Waals surface area contributed by atoms with Crippen LogP contribution in [0.3, 0.4) is 0 Å². The van der Waals surface area contributed by atoms with Gasteiger partial charge in [-0.15, -0.1) is 0 Å². The summed E-state index contributed by atoms with van der Waals surface area (Å²) in [4.78, 5) is 10.9. The lowest BCUT2D eigenvalue weighted by Gasteiger charge is -2.41. The highest BCUT2D eigenvalue weighted by Crippen LogP contribution is 2.46. The molecule has 1 heteroatoms. The minimum atomic E-state index is 0.388. The molecule has 0 aromatic heterocycles. The molecule has 0 amide bonds. The monoisotopic (exact) mass is 318 g/mol. The number of carbonyl (C=O) groups excluding carboxylic acids is 1. The first kappa shape index (κ1) is 17.5. The van der Waals surface area contributed by atoms with Gasteiger partial charge < -0.3 is 4.79 Å². The third-order valence-electron chi connectivity index (χ3n) is 7.92. The van der Waals surface area contributed by atoms with Crippen LogP contribution in [0.15, 0.2) is 0 Å². The Morgan fingerprint density at radius 3 is 1.30 bits per heavy atom. The largest absolute Gasteiger partial charge is 0.303 e. The summed E-state index contributed by atoms with van der Waals surface area (Å²) in [5.74, 6) is 6.33. The first-order chi connectivity index (χ1) is 11.2. The fourth-order valence-electron chi connectivity index (χ4n) is 6.12. The van der Waals surface area contributed by atoms with Gasteiger partial charge in [0.25, 0.3) is 0 Å². The van der Waals surface area contributed by atoms with Crippen molar-refractivity contribution in [3.8, 4) is 0 Å². The lowest BCUT2D eigenvalue weighted by atomic mass is 9.64. The van der Waals surface area contributed by atoms with Gasteiger partial charge >= 0.3 is 0 Å². The Kier molecular flexibility index (Phi) is 6.21. The van der Waals surface area contributed by atoms with E-state index >= 15 is 0 Å². The van der Waals surface area contributed by atoms with Gasteiger partial charge in [-0.25, -0.2) is 0 Å². The summed E-state index contributed by atoms with van der Waals surface area (Å²) in [7, 11) is 0. The summed E-state index contributed by atoms with van der Waals surface area (Å²) in [6, 6.07) is 0. The van der Waals surface area contributed by atoms with Crippen molar-refractivity contribution in [2.45, 2.75) is 90.9 Å². The zero-order valence-electron chi connectivity index (χ0n) is 15.5. The van der Waals surface area contributed by atoms with Crippen LogP contribution in [0.4, 0.5) is 0 Å². The third kappa shape index (κ3) is 4.40. The van der Waals surface area contributed by atoms with E-state index in [0.717, 1.165) is 35.5 Å². The zero-order valence-corrected chi connectivity index (χ0v) is 15.5. The summed E-state index contributed by atoms with van der Waals surface area (Å²) in [6.07, 6.45) is 18.2. The van der Waals surface area contributed by atoms with Gasteiger partial charge in [-0.2, -0.15) is 0 Å². The molecule has 0 unspecified atom stereocenters. The molecule has 0 aliphatic heterocycles. The van der Waals surface area contributed by atoms with Gasteiger partial charge in [0.2, 0.25) is 0 Å². The Hall–Kier alpha value is -0.330. The maximum atomic E-state index is 10.9. The van der Waals surface area contributed by atoms with E-state index in [9.17, 15) is 4.79 Å². The van der Waals surface area contributed by atoms with Gasteiger partial charge in [0.05, 0.1) is 0 Å². The molecule has 3 aliphatic rings. The van der Waals surface area contributed by atoms with Crippen molar-refractivity contribution < 1.29 is 4.79 Å². The van der Waals surface area contributed by atoms with E-state index < -0.39 is 0 Å². The molecule has 1 nitrogen and oxygen atoms in total. The molecule has 0 heterocycles. The molecule has 23 heavy (non-hydrogen) atoms. The van der Waals surface area contributed by atoms with Crippen LogP contribution < -0.4 is 0 Å². The minimum Gasteiger partial charge on any atom is -0.303 e. The van der Waals surface area contributed by atoms with E-state index in [0.29, 0.717) is 5.92 Å². The van der Waals surface area contributed by atoms with Crippen molar-refractivity contribution >= 4 is 6.29 Å².